The van der Waals surface area contributed by atoms with Crippen molar-refractivity contribution in [2.45, 2.75) is 44.8 Å². The van der Waals surface area contributed by atoms with E-state index in [2.05, 4.69) is 6.92 Å². The molecule has 0 spiro atoms. The third-order valence-corrected chi connectivity index (χ3v) is 3.60. The molecule has 0 amide bonds. The molecule has 0 fully saturated rings. The molecule has 0 aromatic heterocycles. The van der Waals surface area contributed by atoms with Crippen molar-refractivity contribution >= 4 is 11.6 Å². The molecule has 1 aromatic rings. The maximum Gasteiger partial charge on any atom is 0.137 e. The number of hydrogen-bond donors (Lipinski definition) is 2. The van der Waals surface area contributed by atoms with Crippen LogP contribution in [0.2, 0.25) is 5.02 Å². The highest BCUT2D eigenvalue weighted by atomic mass is 35.5. The number of aliphatic hydroxyl groups is 1. The Morgan fingerprint density at radius 3 is 2.61 bits per heavy atom. The molecule has 3 unspecified atom stereocenters. The van der Waals surface area contributed by atoms with E-state index in [0.717, 1.165) is 12.0 Å². The molecule has 0 aliphatic rings. The predicted octanol–water partition coefficient (Wildman–Crippen LogP) is 2.94. The van der Waals surface area contributed by atoms with Crippen molar-refractivity contribution in [1.82, 2.24) is 0 Å². The van der Waals surface area contributed by atoms with Crippen LogP contribution in [0.1, 0.15) is 38.2 Å². The van der Waals surface area contributed by atoms with Crippen molar-refractivity contribution in [2.24, 2.45) is 5.73 Å². The minimum Gasteiger partial charge on any atom is -0.495 e. The van der Waals surface area contributed by atoms with Gasteiger partial charge in [0.05, 0.1) is 18.2 Å². The van der Waals surface area contributed by atoms with Crippen LogP contribution in [-0.4, -0.2) is 24.4 Å². The molecule has 0 saturated carbocycles. The first kappa shape index (κ1) is 15.3. The molecule has 102 valence electrons. The van der Waals surface area contributed by atoms with Crippen LogP contribution in [0.25, 0.3) is 0 Å². The van der Waals surface area contributed by atoms with E-state index < -0.39 is 6.10 Å². The molecule has 1 rings (SSSR count). The van der Waals surface area contributed by atoms with Crippen LogP contribution in [0.4, 0.5) is 0 Å². The number of benzene rings is 1. The number of hydrogen-bond acceptors (Lipinski definition) is 3. The van der Waals surface area contributed by atoms with Gasteiger partial charge in [-0.2, -0.15) is 0 Å². The van der Waals surface area contributed by atoms with E-state index in [0.29, 0.717) is 17.2 Å². The van der Waals surface area contributed by atoms with Crippen LogP contribution < -0.4 is 10.5 Å². The van der Waals surface area contributed by atoms with Crippen molar-refractivity contribution in [1.29, 1.82) is 0 Å². The summed E-state index contributed by atoms with van der Waals surface area (Å²) in [5, 5.41) is 10.5. The van der Waals surface area contributed by atoms with Gasteiger partial charge in [-0.05, 0) is 36.5 Å². The summed E-state index contributed by atoms with van der Waals surface area (Å²) in [5.41, 5.74) is 6.91. The Morgan fingerprint density at radius 2 is 2.11 bits per heavy atom. The second-order valence-electron chi connectivity index (χ2n) is 4.67. The van der Waals surface area contributed by atoms with Gasteiger partial charge in [-0.1, -0.05) is 31.5 Å². The molecule has 0 radical (unpaired) electrons. The van der Waals surface area contributed by atoms with E-state index in [1.165, 1.54) is 0 Å². The topological polar surface area (TPSA) is 55.5 Å². The maximum absolute atomic E-state index is 9.94. The van der Waals surface area contributed by atoms with E-state index in [9.17, 15) is 5.11 Å². The van der Waals surface area contributed by atoms with Crippen molar-refractivity contribution in [2.75, 3.05) is 7.11 Å². The maximum atomic E-state index is 9.94. The van der Waals surface area contributed by atoms with Gasteiger partial charge in [-0.25, -0.2) is 0 Å². The molecule has 0 saturated heterocycles. The minimum atomic E-state index is -0.481. The highest BCUT2D eigenvalue weighted by molar-refractivity contribution is 6.32. The molecule has 0 heterocycles. The molecule has 1 aromatic carbocycles. The summed E-state index contributed by atoms with van der Waals surface area (Å²) in [7, 11) is 1.59. The number of aliphatic hydroxyl groups excluding tert-OH is 1. The Balaban J connectivity index is 2.72. The molecule has 4 heteroatoms. The summed E-state index contributed by atoms with van der Waals surface area (Å²) in [5.74, 6) is 0.874. The van der Waals surface area contributed by atoms with Gasteiger partial charge >= 0.3 is 0 Å². The van der Waals surface area contributed by atoms with E-state index in [-0.39, 0.29) is 12.0 Å². The molecule has 0 aliphatic heterocycles. The van der Waals surface area contributed by atoms with Crippen LogP contribution in [0, 0.1) is 0 Å². The van der Waals surface area contributed by atoms with Crippen molar-refractivity contribution < 1.29 is 9.84 Å². The monoisotopic (exact) mass is 271 g/mol. The van der Waals surface area contributed by atoms with Crippen molar-refractivity contribution in [3.63, 3.8) is 0 Å². The molecule has 3 atom stereocenters. The van der Waals surface area contributed by atoms with Crippen LogP contribution in [-0.2, 0) is 0 Å². The lowest BCUT2D eigenvalue weighted by Crippen LogP contribution is -2.34. The van der Waals surface area contributed by atoms with Crippen LogP contribution in [0.5, 0.6) is 5.75 Å². The number of halogens is 1. The second-order valence-corrected chi connectivity index (χ2v) is 5.08. The van der Waals surface area contributed by atoms with Gasteiger partial charge in [0.25, 0.3) is 0 Å². The zero-order valence-corrected chi connectivity index (χ0v) is 11.9. The van der Waals surface area contributed by atoms with Gasteiger partial charge in [-0.15, -0.1) is 0 Å². The second kappa shape index (κ2) is 6.98. The Hall–Kier alpha value is -0.770. The van der Waals surface area contributed by atoms with Crippen LogP contribution in [0.15, 0.2) is 18.2 Å². The predicted molar refractivity (Wildman–Crippen MR) is 75.3 cm³/mol. The fourth-order valence-corrected chi connectivity index (χ4v) is 2.20. The minimum absolute atomic E-state index is 0.166. The average Bonchev–Trinajstić information content (AvgIpc) is 2.37. The fourth-order valence-electron chi connectivity index (χ4n) is 1.93. The quantitative estimate of drug-likeness (QED) is 0.836. The average molecular weight is 272 g/mol. The summed E-state index contributed by atoms with van der Waals surface area (Å²) in [6, 6.07) is 5.54. The number of nitrogens with two attached hydrogens (primary N) is 1. The van der Waals surface area contributed by atoms with Crippen molar-refractivity contribution in [3.05, 3.63) is 28.8 Å². The van der Waals surface area contributed by atoms with Gasteiger partial charge in [0.2, 0.25) is 0 Å². The molecule has 0 aliphatic carbocycles. The smallest absolute Gasteiger partial charge is 0.137 e. The van der Waals surface area contributed by atoms with Crippen LogP contribution in [0.3, 0.4) is 0 Å². The summed E-state index contributed by atoms with van der Waals surface area (Å²) < 4.78 is 5.12. The van der Waals surface area contributed by atoms with E-state index in [1.807, 2.05) is 25.1 Å². The first-order valence-corrected chi connectivity index (χ1v) is 6.64. The summed E-state index contributed by atoms with van der Waals surface area (Å²) in [4.78, 5) is 0. The van der Waals surface area contributed by atoms with Crippen molar-refractivity contribution in [3.8, 4) is 5.75 Å². The molecular formula is C14H22ClNO2. The SMILES string of the molecule is CCC(N)C(O)CC(C)c1ccc(OC)c(Cl)c1. The summed E-state index contributed by atoms with van der Waals surface area (Å²) in [6.45, 7) is 4.03. The van der Waals surface area contributed by atoms with Gasteiger partial charge in [-0.3, -0.25) is 0 Å². The lowest BCUT2D eigenvalue weighted by atomic mass is 9.92. The van der Waals surface area contributed by atoms with E-state index in [1.54, 1.807) is 7.11 Å². The zero-order chi connectivity index (χ0) is 13.7. The molecule has 3 N–H and O–H groups in total. The molecule has 3 nitrogen and oxygen atoms in total. The van der Waals surface area contributed by atoms with Gasteiger partial charge in [0.15, 0.2) is 0 Å². The Labute approximate surface area is 114 Å². The van der Waals surface area contributed by atoms with Crippen LogP contribution >= 0.6 is 11.6 Å². The first-order chi connectivity index (χ1) is 8.49. The highest BCUT2D eigenvalue weighted by Gasteiger charge is 2.18. The summed E-state index contributed by atoms with van der Waals surface area (Å²) in [6.07, 6.45) is 0.931. The fraction of sp³-hybridized carbons (Fsp3) is 0.571. The number of methoxy groups -OCH3 is 1. The molecule has 0 bridgehead atoms. The normalized spacial score (nSPS) is 16.1. The molecule has 18 heavy (non-hydrogen) atoms. The van der Waals surface area contributed by atoms with E-state index in [4.69, 9.17) is 22.1 Å². The van der Waals surface area contributed by atoms with E-state index >= 15 is 0 Å². The Morgan fingerprint density at radius 1 is 1.44 bits per heavy atom. The largest absolute Gasteiger partial charge is 0.495 e. The van der Waals surface area contributed by atoms with Gasteiger partial charge in [0.1, 0.15) is 5.75 Å². The lowest BCUT2D eigenvalue weighted by molar-refractivity contribution is 0.126. The standard InChI is InChI=1S/C14H22ClNO2/c1-4-12(16)13(17)7-9(2)10-5-6-14(18-3)11(15)8-10/h5-6,8-9,12-13,17H,4,7,16H2,1-3H3. The Kier molecular flexibility index (Phi) is 5.93. The Bertz CT molecular complexity index is 384. The lowest BCUT2D eigenvalue weighted by Gasteiger charge is -2.21. The highest BCUT2D eigenvalue weighted by Crippen LogP contribution is 2.30. The van der Waals surface area contributed by atoms with Gasteiger partial charge in [0, 0.05) is 6.04 Å². The third kappa shape index (κ3) is 3.87. The molecular weight excluding hydrogens is 250 g/mol. The third-order valence-electron chi connectivity index (χ3n) is 3.31. The summed E-state index contributed by atoms with van der Waals surface area (Å²) >= 11 is 6.09. The first-order valence-electron chi connectivity index (χ1n) is 6.26. The number of rotatable bonds is 6. The van der Waals surface area contributed by atoms with Gasteiger partial charge < -0.3 is 15.6 Å². The number of ether oxygens (including phenoxy) is 1. The zero-order valence-electron chi connectivity index (χ0n) is 11.2.